The van der Waals surface area contributed by atoms with E-state index in [-0.39, 0.29) is 36.7 Å². The predicted octanol–water partition coefficient (Wildman–Crippen LogP) is 4.23. The highest BCUT2D eigenvalue weighted by molar-refractivity contribution is 6.13. The zero-order valence-electron chi connectivity index (χ0n) is 24.6. The van der Waals surface area contributed by atoms with E-state index in [1.807, 2.05) is 45.0 Å². The molecule has 224 valence electrons. The molecule has 2 heterocycles. The molecule has 0 aliphatic carbocycles. The lowest BCUT2D eigenvalue weighted by Crippen LogP contribution is -2.34. The SMILES string of the molecule is CCOC(=O)C[C@H](NC(=O)C(C=NCCc1ccc2cccnc2n1)=C(N)COC(C)(C)C)c1ccc(OC)c(F)c1. The number of hydrogen-bond acceptors (Lipinski definition) is 9. The Bertz CT molecular complexity index is 1450. The molecule has 0 saturated carbocycles. The molecule has 0 spiro atoms. The lowest BCUT2D eigenvalue weighted by atomic mass is 10.0. The number of rotatable bonds is 13. The summed E-state index contributed by atoms with van der Waals surface area (Å²) in [7, 11) is 1.35. The van der Waals surface area contributed by atoms with Crippen LogP contribution in [0.3, 0.4) is 0 Å². The fourth-order valence-electron chi connectivity index (χ4n) is 3.90. The number of halogens is 1. The van der Waals surface area contributed by atoms with Gasteiger partial charge in [0.25, 0.3) is 5.91 Å². The Balaban J connectivity index is 1.84. The maximum Gasteiger partial charge on any atom is 0.308 e. The zero-order valence-corrected chi connectivity index (χ0v) is 24.6. The fourth-order valence-corrected chi connectivity index (χ4v) is 3.90. The third-order valence-corrected chi connectivity index (χ3v) is 6.05. The third-order valence-electron chi connectivity index (χ3n) is 6.05. The van der Waals surface area contributed by atoms with E-state index < -0.39 is 29.3 Å². The molecule has 3 N–H and O–H groups in total. The number of hydrogen-bond donors (Lipinski definition) is 2. The number of nitrogens with zero attached hydrogens (tertiary/aromatic N) is 3. The van der Waals surface area contributed by atoms with Gasteiger partial charge < -0.3 is 25.3 Å². The Kier molecular flexibility index (Phi) is 11.5. The summed E-state index contributed by atoms with van der Waals surface area (Å²) in [4.78, 5) is 39.2. The first-order valence-electron chi connectivity index (χ1n) is 13.6. The summed E-state index contributed by atoms with van der Waals surface area (Å²) in [5.41, 5.74) is 7.82. The first-order valence-corrected chi connectivity index (χ1v) is 13.6. The van der Waals surface area contributed by atoms with Crippen molar-refractivity contribution in [1.29, 1.82) is 0 Å². The van der Waals surface area contributed by atoms with E-state index in [0.29, 0.717) is 24.2 Å². The molecule has 3 rings (SSSR count). The monoisotopic (exact) mass is 579 g/mol. The second-order valence-electron chi connectivity index (χ2n) is 10.4. The van der Waals surface area contributed by atoms with Crippen LogP contribution in [-0.4, -0.2) is 60.5 Å². The van der Waals surface area contributed by atoms with Gasteiger partial charge in [0.15, 0.2) is 17.2 Å². The fraction of sp³-hybridized carbons (Fsp3) is 0.387. The minimum atomic E-state index is -0.911. The smallest absolute Gasteiger partial charge is 0.308 e. The first kappa shape index (κ1) is 32.1. The van der Waals surface area contributed by atoms with Crippen LogP contribution in [0, 0.1) is 5.82 Å². The van der Waals surface area contributed by atoms with Crippen molar-refractivity contribution in [2.24, 2.45) is 10.7 Å². The van der Waals surface area contributed by atoms with Crippen molar-refractivity contribution in [3.63, 3.8) is 0 Å². The van der Waals surface area contributed by atoms with Crippen molar-refractivity contribution < 1.29 is 28.2 Å². The summed E-state index contributed by atoms with van der Waals surface area (Å²) in [5, 5.41) is 3.73. The van der Waals surface area contributed by atoms with Crippen LogP contribution in [0.4, 0.5) is 4.39 Å². The van der Waals surface area contributed by atoms with Gasteiger partial charge in [0.05, 0.1) is 44.0 Å². The van der Waals surface area contributed by atoms with Crippen molar-refractivity contribution in [3.8, 4) is 5.75 Å². The number of carbonyl (C=O) groups is 2. The zero-order chi connectivity index (χ0) is 30.7. The van der Waals surface area contributed by atoms with E-state index in [1.165, 1.54) is 25.5 Å². The summed E-state index contributed by atoms with van der Waals surface area (Å²) in [6.45, 7) is 7.73. The number of nitrogens with one attached hydrogen (secondary N) is 1. The Morgan fingerprint density at radius 2 is 1.98 bits per heavy atom. The van der Waals surface area contributed by atoms with E-state index in [4.69, 9.17) is 19.9 Å². The van der Waals surface area contributed by atoms with Crippen molar-refractivity contribution in [3.05, 3.63) is 77.0 Å². The Hall–Kier alpha value is -4.38. The lowest BCUT2D eigenvalue weighted by molar-refractivity contribution is -0.143. The number of benzene rings is 1. The van der Waals surface area contributed by atoms with Gasteiger partial charge in [0.1, 0.15) is 0 Å². The quantitative estimate of drug-likeness (QED) is 0.174. The largest absolute Gasteiger partial charge is 0.494 e. The maximum absolute atomic E-state index is 14.5. The minimum Gasteiger partial charge on any atom is -0.494 e. The van der Waals surface area contributed by atoms with Gasteiger partial charge in [0, 0.05) is 42.2 Å². The number of fused-ring (bicyclic) bond motifs is 1. The van der Waals surface area contributed by atoms with Crippen LogP contribution in [0.25, 0.3) is 11.0 Å². The van der Waals surface area contributed by atoms with Gasteiger partial charge in [-0.2, -0.15) is 0 Å². The number of pyridine rings is 2. The molecular weight excluding hydrogens is 541 g/mol. The van der Waals surface area contributed by atoms with Gasteiger partial charge in [-0.15, -0.1) is 0 Å². The molecule has 10 nitrogen and oxygen atoms in total. The second kappa shape index (κ2) is 15.0. The average Bonchev–Trinajstić information content (AvgIpc) is 2.95. The summed E-state index contributed by atoms with van der Waals surface area (Å²) in [5.74, 6) is -1.76. The van der Waals surface area contributed by atoms with Gasteiger partial charge in [-0.05, 0) is 69.7 Å². The molecule has 0 saturated heterocycles. The van der Waals surface area contributed by atoms with E-state index in [9.17, 15) is 14.0 Å². The maximum atomic E-state index is 14.5. The van der Waals surface area contributed by atoms with Crippen molar-refractivity contribution in [1.82, 2.24) is 15.3 Å². The number of aliphatic imine (C=N–C) groups is 1. The summed E-state index contributed by atoms with van der Waals surface area (Å²) in [6.07, 6.45) is 3.35. The van der Waals surface area contributed by atoms with Gasteiger partial charge in [-0.3, -0.25) is 14.6 Å². The molecule has 2 aromatic heterocycles. The molecule has 0 aliphatic heterocycles. The highest BCUT2D eigenvalue weighted by Gasteiger charge is 2.24. The van der Waals surface area contributed by atoms with Crippen molar-refractivity contribution >= 4 is 29.1 Å². The van der Waals surface area contributed by atoms with Crippen LogP contribution in [0.5, 0.6) is 5.75 Å². The normalized spacial score (nSPS) is 13.1. The number of carbonyl (C=O) groups excluding carboxylic acids is 2. The van der Waals surface area contributed by atoms with Gasteiger partial charge in [-0.1, -0.05) is 6.07 Å². The molecule has 0 unspecified atom stereocenters. The standard InChI is InChI=1S/C31H38FN5O5/c1-6-41-28(38)17-26(21-10-12-27(40-5)24(32)16-21)37-30(39)23(25(33)19-42-31(2,3)4)18-34-15-13-22-11-9-20-8-7-14-35-29(20)36-22/h7-12,14,16,18,26H,6,13,15,17,19,33H2,1-5H3,(H,37,39)/t26-/m0/s1. The highest BCUT2D eigenvalue weighted by Crippen LogP contribution is 2.25. The topological polar surface area (TPSA) is 138 Å². The number of esters is 1. The Morgan fingerprint density at radius 3 is 2.67 bits per heavy atom. The number of nitrogens with two attached hydrogens (primary N) is 1. The van der Waals surface area contributed by atoms with E-state index >= 15 is 0 Å². The lowest BCUT2D eigenvalue weighted by Gasteiger charge is -2.22. The Morgan fingerprint density at radius 1 is 1.19 bits per heavy atom. The van der Waals surface area contributed by atoms with Gasteiger partial charge >= 0.3 is 5.97 Å². The first-order chi connectivity index (χ1) is 20.0. The molecule has 0 fully saturated rings. The van der Waals surface area contributed by atoms with Crippen LogP contribution in [0.1, 0.15) is 51.4 Å². The van der Waals surface area contributed by atoms with Crippen LogP contribution in [0.15, 0.2) is 64.9 Å². The molecule has 0 aliphatic rings. The summed E-state index contributed by atoms with van der Waals surface area (Å²) in [6, 6.07) is 10.9. The highest BCUT2D eigenvalue weighted by atomic mass is 19.1. The average molecular weight is 580 g/mol. The van der Waals surface area contributed by atoms with E-state index in [2.05, 4.69) is 20.3 Å². The summed E-state index contributed by atoms with van der Waals surface area (Å²) < 4.78 is 30.4. The number of amides is 1. The molecule has 0 bridgehead atoms. The van der Waals surface area contributed by atoms with Crippen LogP contribution >= 0.6 is 0 Å². The van der Waals surface area contributed by atoms with Gasteiger partial charge in [-0.25, -0.2) is 14.4 Å². The minimum absolute atomic E-state index is 0.0319. The van der Waals surface area contributed by atoms with E-state index in [0.717, 1.165) is 11.1 Å². The van der Waals surface area contributed by atoms with E-state index in [1.54, 1.807) is 19.2 Å². The van der Waals surface area contributed by atoms with Crippen LogP contribution in [-0.2, 0) is 25.5 Å². The predicted molar refractivity (Wildman–Crippen MR) is 159 cm³/mol. The third kappa shape index (κ3) is 9.62. The van der Waals surface area contributed by atoms with Gasteiger partial charge in [0.2, 0.25) is 0 Å². The molecule has 3 aromatic rings. The Labute approximate surface area is 245 Å². The molecular formula is C31H38FN5O5. The molecule has 1 atom stereocenters. The van der Waals surface area contributed by atoms with Crippen molar-refractivity contribution in [2.75, 3.05) is 26.9 Å². The van der Waals surface area contributed by atoms with Crippen LogP contribution in [0.2, 0.25) is 0 Å². The molecule has 42 heavy (non-hydrogen) atoms. The summed E-state index contributed by atoms with van der Waals surface area (Å²) >= 11 is 0. The van der Waals surface area contributed by atoms with Crippen molar-refractivity contribution in [2.45, 2.75) is 52.2 Å². The number of aromatic nitrogens is 2. The molecule has 11 heteroatoms. The van der Waals surface area contributed by atoms with Crippen LogP contribution < -0.4 is 15.8 Å². The molecule has 1 amide bonds. The number of methoxy groups -OCH3 is 1. The second-order valence-corrected chi connectivity index (χ2v) is 10.4. The molecule has 1 aromatic carbocycles. The number of ether oxygens (including phenoxy) is 3. The molecule has 0 radical (unpaired) electrons.